The molecule has 39 heavy (non-hydrogen) atoms. The highest BCUT2D eigenvalue weighted by Crippen LogP contribution is 2.31. The number of aliphatic hydroxyl groups excluding tert-OH is 1. The molecule has 4 rings (SSSR count). The molecule has 1 aromatic carbocycles. The van der Waals surface area contributed by atoms with E-state index in [4.69, 9.17) is 9.47 Å². The highest BCUT2D eigenvalue weighted by molar-refractivity contribution is 5.99. The van der Waals surface area contributed by atoms with Crippen LogP contribution in [-0.4, -0.2) is 108 Å². The van der Waals surface area contributed by atoms with Crippen molar-refractivity contribution in [3.05, 3.63) is 53.9 Å². The van der Waals surface area contributed by atoms with Crippen molar-refractivity contribution in [2.24, 2.45) is 5.92 Å². The first-order valence-electron chi connectivity index (χ1n) is 13.7. The minimum atomic E-state index is -0.354. The number of aliphatic hydroxyl groups is 1. The second kappa shape index (κ2) is 13.8. The number of benzene rings is 1. The zero-order valence-electron chi connectivity index (χ0n) is 23.2. The molecule has 2 N–H and O–H groups in total. The number of nitrogens with one attached hydrogen (secondary N) is 1. The first-order valence-corrected chi connectivity index (χ1v) is 13.7. The summed E-state index contributed by atoms with van der Waals surface area (Å²) in [5.41, 5.74) is 2.09. The van der Waals surface area contributed by atoms with E-state index in [9.17, 15) is 14.7 Å². The van der Waals surface area contributed by atoms with Gasteiger partial charge in [0.05, 0.1) is 31.4 Å². The number of nitrogens with zero attached hydrogens (tertiary/aromatic N) is 4. The van der Waals surface area contributed by atoms with Crippen molar-refractivity contribution >= 4 is 17.5 Å². The lowest BCUT2D eigenvalue weighted by Crippen LogP contribution is -2.49. The third-order valence-corrected chi connectivity index (χ3v) is 7.40. The second-order valence-electron chi connectivity index (χ2n) is 10.6. The Morgan fingerprint density at radius 2 is 1.97 bits per heavy atom. The van der Waals surface area contributed by atoms with Crippen LogP contribution in [0.15, 0.2) is 42.7 Å². The van der Waals surface area contributed by atoms with Gasteiger partial charge in [0.2, 0.25) is 5.91 Å². The van der Waals surface area contributed by atoms with Gasteiger partial charge in [-0.3, -0.25) is 24.4 Å². The molecule has 3 heterocycles. The molecule has 3 atom stereocenters. The maximum absolute atomic E-state index is 13.7. The fraction of sp³-hybridized carbons (Fsp3) is 0.552. The van der Waals surface area contributed by atoms with Crippen LogP contribution < -0.4 is 10.1 Å². The Hall–Kier alpha value is -3.05. The summed E-state index contributed by atoms with van der Waals surface area (Å²) in [5, 5.41) is 12.8. The normalized spacial score (nSPS) is 21.1. The second-order valence-corrected chi connectivity index (χ2v) is 10.6. The Balaban J connectivity index is 1.50. The SMILES string of the molecule is C[C@@H]1CN([C@H](C)CO)C(=O)c2cc(NC(=O)CCN3CCOCC3)ccc2O[C@H]1CN(C)Cc1ccncc1. The van der Waals surface area contributed by atoms with Crippen LogP contribution in [0.5, 0.6) is 5.75 Å². The molecule has 0 aliphatic carbocycles. The van der Waals surface area contributed by atoms with E-state index in [1.54, 1.807) is 35.5 Å². The molecule has 10 heteroatoms. The molecule has 0 bridgehead atoms. The van der Waals surface area contributed by atoms with Crippen LogP contribution in [0, 0.1) is 5.92 Å². The topological polar surface area (TPSA) is 107 Å². The van der Waals surface area contributed by atoms with Gasteiger partial charge < -0.3 is 24.8 Å². The molecule has 0 unspecified atom stereocenters. The van der Waals surface area contributed by atoms with Crippen LogP contribution in [0.2, 0.25) is 0 Å². The first-order chi connectivity index (χ1) is 18.8. The van der Waals surface area contributed by atoms with E-state index in [0.717, 1.165) is 25.2 Å². The van der Waals surface area contributed by atoms with E-state index >= 15 is 0 Å². The highest BCUT2D eigenvalue weighted by atomic mass is 16.5. The van der Waals surface area contributed by atoms with Crippen LogP contribution in [0.1, 0.15) is 36.2 Å². The van der Waals surface area contributed by atoms with Gasteiger partial charge in [-0.2, -0.15) is 0 Å². The molecule has 1 fully saturated rings. The summed E-state index contributed by atoms with van der Waals surface area (Å²) in [4.78, 5) is 36.6. The Kier molecular flexibility index (Phi) is 10.3. The molecule has 10 nitrogen and oxygen atoms in total. The zero-order chi connectivity index (χ0) is 27.8. The molecular weight excluding hydrogens is 498 g/mol. The Morgan fingerprint density at radius 1 is 1.23 bits per heavy atom. The highest BCUT2D eigenvalue weighted by Gasteiger charge is 2.33. The number of likely N-dealkylation sites (N-methyl/N-ethyl adjacent to an activating group) is 1. The van der Waals surface area contributed by atoms with Crippen LogP contribution in [0.25, 0.3) is 0 Å². The molecule has 2 aliphatic rings. The van der Waals surface area contributed by atoms with Gasteiger partial charge in [0.1, 0.15) is 11.9 Å². The number of pyridine rings is 1. The standard InChI is InChI=1S/C29H41N5O5/c1-21-17-34(22(2)20-35)29(37)25-16-24(31-28(36)8-11-33-12-14-38-15-13-33)4-5-26(25)39-27(21)19-32(3)18-23-6-9-30-10-7-23/h4-7,9-10,16,21-22,27,35H,8,11-15,17-20H2,1-3H3,(H,31,36)/t21-,22-,27+/m1/s1. The molecule has 2 amide bonds. The molecule has 212 valence electrons. The fourth-order valence-corrected chi connectivity index (χ4v) is 5.00. The third kappa shape index (κ3) is 7.98. The Morgan fingerprint density at radius 3 is 2.69 bits per heavy atom. The average Bonchev–Trinajstić information content (AvgIpc) is 2.94. The Labute approximate surface area is 230 Å². The van der Waals surface area contributed by atoms with E-state index in [-0.39, 0.29) is 36.5 Å². The minimum absolute atomic E-state index is 0.0237. The van der Waals surface area contributed by atoms with Gasteiger partial charge in [-0.1, -0.05) is 6.92 Å². The number of fused-ring (bicyclic) bond motifs is 1. The molecule has 0 radical (unpaired) electrons. The molecule has 1 saturated heterocycles. The van der Waals surface area contributed by atoms with Crippen LogP contribution in [0.4, 0.5) is 5.69 Å². The van der Waals surface area contributed by atoms with Gasteiger partial charge in [-0.05, 0) is 49.9 Å². The van der Waals surface area contributed by atoms with Crippen molar-refractivity contribution in [1.82, 2.24) is 19.7 Å². The number of hydrogen-bond acceptors (Lipinski definition) is 8. The van der Waals surface area contributed by atoms with Gasteiger partial charge in [0, 0.05) is 69.7 Å². The number of amides is 2. The van der Waals surface area contributed by atoms with Crippen LogP contribution in [-0.2, 0) is 16.1 Å². The van der Waals surface area contributed by atoms with E-state index in [1.165, 1.54) is 0 Å². The maximum Gasteiger partial charge on any atom is 0.258 e. The number of ether oxygens (including phenoxy) is 2. The number of aromatic nitrogens is 1. The predicted molar refractivity (Wildman–Crippen MR) is 149 cm³/mol. The lowest BCUT2D eigenvalue weighted by atomic mass is 9.99. The van der Waals surface area contributed by atoms with Crippen LogP contribution >= 0.6 is 0 Å². The summed E-state index contributed by atoms with van der Waals surface area (Å²) in [6.45, 7) is 9.32. The summed E-state index contributed by atoms with van der Waals surface area (Å²) in [7, 11) is 2.05. The number of carbonyl (C=O) groups is 2. The smallest absolute Gasteiger partial charge is 0.258 e. The quantitative estimate of drug-likeness (QED) is 0.473. The van der Waals surface area contributed by atoms with Crippen LogP contribution in [0.3, 0.4) is 0 Å². The van der Waals surface area contributed by atoms with E-state index < -0.39 is 0 Å². The van der Waals surface area contributed by atoms with Crippen molar-refractivity contribution in [3.63, 3.8) is 0 Å². The minimum Gasteiger partial charge on any atom is -0.488 e. The number of anilines is 1. The fourth-order valence-electron chi connectivity index (χ4n) is 5.00. The Bertz CT molecular complexity index is 1090. The number of carbonyl (C=O) groups excluding carboxylic acids is 2. The lowest BCUT2D eigenvalue weighted by Gasteiger charge is -2.38. The average molecular weight is 540 g/mol. The zero-order valence-corrected chi connectivity index (χ0v) is 23.2. The molecule has 0 saturated carbocycles. The van der Waals surface area contributed by atoms with Gasteiger partial charge in [-0.25, -0.2) is 0 Å². The number of morpholine rings is 1. The van der Waals surface area contributed by atoms with Crippen molar-refractivity contribution in [1.29, 1.82) is 0 Å². The van der Waals surface area contributed by atoms with E-state index in [1.807, 2.05) is 26.1 Å². The van der Waals surface area contributed by atoms with Crippen molar-refractivity contribution in [2.45, 2.75) is 39.0 Å². The van der Waals surface area contributed by atoms with Gasteiger partial charge in [0.15, 0.2) is 0 Å². The molecule has 0 spiro atoms. The predicted octanol–water partition coefficient (Wildman–Crippen LogP) is 2.09. The first kappa shape index (κ1) is 28.9. The summed E-state index contributed by atoms with van der Waals surface area (Å²) < 4.78 is 11.9. The van der Waals surface area contributed by atoms with Crippen molar-refractivity contribution < 1.29 is 24.2 Å². The summed E-state index contributed by atoms with van der Waals surface area (Å²) in [6.07, 6.45) is 3.74. The number of hydrogen-bond donors (Lipinski definition) is 2. The summed E-state index contributed by atoms with van der Waals surface area (Å²) in [6, 6.07) is 8.87. The monoisotopic (exact) mass is 539 g/mol. The van der Waals surface area contributed by atoms with Gasteiger partial charge in [0.25, 0.3) is 5.91 Å². The largest absolute Gasteiger partial charge is 0.488 e. The van der Waals surface area contributed by atoms with Gasteiger partial charge >= 0.3 is 0 Å². The molecule has 2 aliphatic heterocycles. The van der Waals surface area contributed by atoms with E-state index in [2.05, 4.69) is 27.0 Å². The maximum atomic E-state index is 13.7. The molecular formula is C29H41N5O5. The van der Waals surface area contributed by atoms with Gasteiger partial charge in [-0.15, -0.1) is 0 Å². The molecule has 1 aromatic heterocycles. The number of rotatable bonds is 10. The lowest BCUT2D eigenvalue weighted by molar-refractivity contribution is -0.116. The molecule has 2 aromatic rings. The third-order valence-electron chi connectivity index (χ3n) is 7.40. The summed E-state index contributed by atoms with van der Waals surface area (Å²) >= 11 is 0. The summed E-state index contributed by atoms with van der Waals surface area (Å²) in [5.74, 6) is 0.183. The van der Waals surface area contributed by atoms with Crippen molar-refractivity contribution in [2.75, 3.05) is 64.9 Å². The van der Waals surface area contributed by atoms with E-state index in [0.29, 0.717) is 56.3 Å². The van der Waals surface area contributed by atoms with Crippen molar-refractivity contribution in [3.8, 4) is 5.75 Å².